The number of piperidine rings is 1. The van der Waals surface area contributed by atoms with Crippen molar-refractivity contribution in [1.29, 1.82) is 0 Å². The fourth-order valence-corrected chi connectivity index (χ4v) is 5.28. The Morgan fingerprint density at radius 3 is 2.45 bits per heavy atom. The lowest BCUT2D eigenvalue weighted by molar-refractivity contribution is -0.115. The van der Waals surface area contributed by atoms with Crippen LogP contribution < -0.4 is 10.6 Å². The second-order valence-corrected chi connectivity index (χ2v) is 9.41. The zero-order chi connectivity index (χ0) is 20.9. The molecule has 29 heavy (non-hydrogen) atoms. The van der Waals surface area contributed by atoms with Crippen molar-refractivity contribution in [2.24, 2.45) is 0 Å². The van der Waals surface area contributed by atoms with Crippen LogP contribution in [-0.4, -0.2) is 38.3 Å². The summed E-state index contributed by atoms with van der Waals surface area (Å²) in [4.78, 5) is 12.6. The lowest BCUT2D eigenvalue weighted by Gasteiger charge is -2.26. The largest absolute Gasteiger partial charge is 0.325 e. The summed E-state index contributed by atoms with van der Waals surface area (Å²) in [7, 11) is -3.55. The van der Waals surface area contributed by atoms with Gasteiger partial charge in [0.1, 0.15) is 0 Å². The Morgan fingerprint density at radius 1 is 1.07 bits per heavy atom. The Labute approximate surface area is 173 Å². The van der Waals surface area contributed by atoms with Crippen LogP contribution in [0.2, 0.25) is 0 Å². The molecule has 1 aliphatic heterocycles. The highest BCUT2D eigenvalue weighted by Crippen LogP contribution is 2.26. The van der Waals surface area contributed by atoms with Gasteiger partial charge in [-0.3, -0.25) is 4.79 Å². The minimum atomic E-state index is -3.55. The van der Waals surface area contributed by atoms with Crippen molar-refractivity contribution in [3.8, 4) is 0 Å². The van der Waals surface area contributed by atoms with E-state index < -0.39 is 10.0 Å². The number of carbonyl (C=O) groups excluding carboxylic acids is 1. The molecule has 0 unspecified atom stereocenters. The predicted molar refractivity (Wildman–Crippen MR) is 115 cm³/mol. The molecule has 2 aromatic rings. The Morgan fingerprint density at radius 2 is 1.76 bits per heavy atom. The van der Waals surface area contributed by atoms with Crippen LogP contribution in [0.3, 0.4) is 0 Å². The first-order valence-corrected chi connectivity index (χ1v) is 11.5. The smallest absolute Gasteiger partial charge is 0.243 e. The lowest BCUT2D eigenvalue weighted by atomic mass is 10.1. The maximum Gasteiger partial charge on any atom is 0.243 e. The van der Waals surface area contributed by atoms with E-state index in [2.05, 4.69) is 10.6 Å². The van der Waals surface area contributed by atoms with E-state index in [0.29, 0.717) is 24.3 Å². The SMILES string of the molecule is Cc1ccc(NC(=O)CN[C@H](C)c2ccccc2)cc1S(=O)(=O)N1CCCCC1. The van der Waals surface area contributed by atoms with Gasteiger partial charge in [0.25, 0.3) is 0 Å². The number of nitrogens with zero attached hydrogens (tertiary/aromatic N) is 1. The molecule has 0 spiro atoms. The first-order chi connectivity index (χ1) is 13.9. The highest BCUT2D eigenvalue weighted by molar-refractivity contribution is 7.89. The van der Waals surface area contributed by atoms with E-state index in [-0.39, 0.29) is 23.4 Å². The van der Waals surface area contributed by atoms with E-state index in [4.69, 9.17) is 0 Å². The summed E-state index contributed by atoms with van der Waals surface area (Å²) in [5, 5.41) is 6.00. The van der Waals surface area contributed by atoms with Crippen molar-refractivity contribution in [2.75, 3.05) is 25.0 Å². The third-order valence-corrected chi connectivity index (χ3v) is 7.31. The molecule has 1 heterocycles. The molecular formula is C22H29N3O3S. The van der Waals surface area contributed by atoms with E-state index in [1.807, 2.05) is 37.3 Å². The maximum atomic E-state index is 13.0. The van der Waals surface area contributed by atoms with Gasteiger partial charge < -0.3 is 10.6 Å². The molecule has 1 amide bonds. The van der Waals surface area contributed by atoms with Crippen LogP contribution in [0.15, 0.2) is 53.4 Å². The average Bonchev–Trinajstić information content (AvgIpc) is 2.74. The van der Waals surface area contributed by atoms with Gasteiger partial charge in [-0.25, -0.2) is 8.42 Å². The van der Waals surface area contributed by atoms with Crippen LogP contribution in [0.4, 0.5) is 5.69 Å². The summed E-state index contributed by atoms with van der Waals surface area (Å²) in [5.41, 5.74) is 2.28. The quantitative estimate of drug-likeness (QED) is 0.726. The van der Waals surface area contributed by atoms with E-state index in [1.165, 1.54) is 0 Å². The van der Waals surface area contributed by atoms with E-state index in [0.717, 1.165) is 24.8 Å². The second-order valence-electron chi connectivity index (χ2n) is 7.51. The van der Waals surface area contributed by atoms with Crippen LogP contribution in [-0.2, 0) is 14.8 Å². The van der Waals surface area contributed by atoms with Crippen LogP contribution in [0.1, 0.15) is 43.4 Å². The standard InChI is InChI=1S/C22H29N3O3S/c1-17-11-12-20(15-21(17)29(27,28)25-13-7-4-8-14-25)24-22(26)16-23-18(2)19-9-5-3-6-10-19/h3,5-6,9-12,15,18,23H,4,7-8,13-14,16H2,1-2H3,(H,24,26)/t18-/m1/s1. The number of anilines is 1. The number of sulfonamides is 1. The molecule has 7 heteroatoms. The minimum Gasteiger partial charge on any atom is -0.325 e. The fourth-order valence-electron chi connectivity index (χ4n) is 3.51. The van der Waals surface area contributed by atoms with E-state index in [1.54, 1.807) is 29.4 Å². The number of rotatable bonds is 7. The molecule has 1 saturated heterocycles. The lowest BCUT2D eigenvalue weighted by Crippen LogP contribution is -2.36. The van der Waals surface area contributed by atoms with Gasteiger partial charge in [0, 0.05) is 24.8 Å². The summed E-state index contributed by atoms with van der Waals surface area (Å²) < 4.78 is 27.6. The zero-order valence-corrected chi connectivity index (χ0v) is 17.8. The third kappa shape index (κ3) is 5.44. The molecular weight excluding hydrogens is 386 g/mol. The monoisotopic (exact) mass is 415 g/mol. The topological polar surface area (TPSA) is 78.5 Å². The highest BCUT2D eigenvalue weighted by Gasteiger charge is 2.27. The maximum absolute atomic E-state index is 13.0. The molecule has 0 aromatic heterocycles. The first-order valence-electron chi connectivity index (χ1n) is 10.1. The van der Waals surface area contributed by atoms with Crippen LogP contribution in [0, 0.1) is 6.92 Å². The summed E-state index contributed by atoms with van der Waals surface area (Å²) in [5.74, 6) is -0.210. The number of carbonyl (C=O) groups is 1. The summed E-state index contributed by atoms with van der Waals surface area (Å²) in [6.45, 7) is 5.03. The van der Waals surface area contributed by atoms with Crippen molar-refractivity contribution >= 4 is 21.6 Å². The second kappa shape index (κ2) is 9.52. The number of hydrogen-bond acceptors (Lipinski definition) is 4. The summed E-state index contributed by atoms with van der Waals surface area (Å²) in [6, 6.07) is 15.0. The number of benzene rings is 2. The van der Waals surface area contributed by atoms with Gasteiger partial charge in [-0.05, 0) is 49.9 Å². The molecule has 0 aliphatic carbocycles. The molecule has 156 valence electrons. The van der Waals surface area contributed by atoms with Gasteiger partial charge in [0.2, 0.25) is 15.9 Å². The van der Waals surface area contributed by atoms with Gasteiger partial charge in [0.05, 0.1) is 11.4 Å². The van der Waals surface area contributed by atoms with Crippen molar-refractivity contribution < 1.29 is 13.2 Å². The van der Waals surface area contributed by atoms with Crippen molar-refractivity contribution in [2.45, 2.75) is 44.0 Å². The molecule has 1 fully saturated rings. The van der Waals surface area contributed by atoms with Gasteiger partial charge in [-0.2, -0.15) is 4.31 Å². The Hall–Kier alpha value is -2.22. The molecule has 0 radical (unpaired) electrons. The van der Waals surface area contributed by atoms with Crippen LogP contribution in [0.25, 0.3) is 0 Å². The highest BCUT2D eigenvalue weighted by atomic mass is 32.2. The van der Waals surface area contributed by atoms with Crippen molar-refractivity contribution in [3.05, 3.63) is 59.7 Å². The number of nitrogens with one attached hydrogen (secondary N) is 2. The Balaban J connectivity index is 1.65. The number of amides is 1. The Kier molecular flexibility index (Phi) is 7.05. The van der Waals surface area contributed by atoms with Crippen molar-refractivity contribution in [3.63, 3.8) is 0 Å². The molecule has 1 atom stereocenters. The van der Waals surface area contributed by atoms with E-state index >= 15 is 0 Å². The number of aryl methyl sites for hydroxylation is 1. The van der Waals surface area contributed by atoms with Gasteiger partial charge in [0.15, 0.2) is 0 Å². The normalized spacial score (nSPS) is 16.3. The third-order valence-electron chi connectivity index (χ3n) is 5.27. The van der Waals surface area contributed by atoms with Crippen LogP contribution in [0.5, 0.6) is 0 Å². The number of hydrogen-bond donors (Lipinski definition) is 2. The minimum absolute atomic E-state index is 0.0370. The van der Waals surface area contributed by atoms with Gasteiger partial charge in [-0.15, -0.1) is 0 Å². The molecule has 6 nitrogen and oxygen atoms in total. The fraction of sp³-hybridized carbons (Fsp3) is 0.409. The average molecular weight is 416 g/mol. The van der Waals surface area contributed by atoms with Gasteiger partial charge in [-0.1, -0.05) is 42.8 Å². The molecule has 0 bridgehead atoms. The molecule has 0 saturated carbocycles. The predicted octanol–water partition coefficient (Wildman–Crippen LogP) is 3.46. The summed E-state index contributed by atoms with van der Waals surface area (Å²) >= 11 is 0. The van der Waals surface area contributed by atoms with Crippen LogP contribution >= 0.6 is 0 Å². The van der Waals surface area contributed by atoms with Crippen molar-refractivity contribution in [1.82, 2.24) is 9.62 Å². The zero-order valence-electron chi connectivity index (χ0n) is 17.0. The Bertz CT molecular complexity index is 939. The first kappa shape index (κ1) is 21.5. The molecule has 1 aliphatic rings. The van der Waals surface area contributed by atoms with Gasteiger partial charge >= 0.3 is 0 Å². The molecule has 2 aromatic carbocycles. The molecule has 3 rings (SSSR count). The van der Waals surface area contributed by atoms with E-state index in [9.17, 15) is 13.2 Å². The molecule has 2 N–H and O–H groups in total. The summed E-state index contributed by atoms with van der Waals surface area (Å²) in [6.07, 6.45) is 2.84.